The molecule has 1 aliphatic rings. The molecule has 144 valence electrons. The SMILES string of the molecule is CCN(CC)S(=O)(=O)c1ccc2c(c1)CCN2Cc1cccc([N+](=O)[O-])c1. The standard InChI is InChI=1S/C19H23N3O4S/c1-3-21(4-2)27(25,26)18-8-9-19-16(13-18)10-11-20(19)14-15-6-5-7-17(12-15)22(23)24/h5-9,12-13H,3-4,10-11,14H2,1-2H3. The molecule has 0 fully saturated rings. The number of fused-ring (bicyclic) bond motifs is 1. The van der Waals surface area contributed by atoms with E-state index in [2.05, 4.69) is 4.90 Å². The summed E-state index contributed by atoms with van der Waals surface area (Å²) >= 11 is 0. The number of non-ortho nitro benzene ring substituents is 1. The van der Waals surface area contributed by atoms with Crippen LogP contribution in [0, 0.1) is 10.1 Å². The molecule has 0 aliphatic carbocycles. The number of nitro groups is 1. The quantitative estimate of drug-likeness (QED) is 0.536. The first-order chi connectivity index (χ1) is 12.9. The van der Waals surface area contributed by atoms with E-state index >= 15 is 0 Å². The maximum atomic E-state index is 12.7. The Morgan fingerprint density at radius 1 is 1.15 bits per heavy atom. The first kappa shape index (κ1) is 19.3. The Morgan fingerprint density at radius 3 is 2.56 bits per heavy atom. The van der Waals surface area contributed by atoms with E-state index in [1.807, 2.05) is 26.0 Å². The molecule has 0 saturated heterocycles. The summed E-state index contributed by atoms with van der Waals surface area (Å²) in [6, 6.07) is 11.9. The average molecular weight is 389 g/mol. The number of benzene rings is 2. The summed E-state index contributed by atoms with van der Waals surface area (Å²) in [5.41, 5.74) is 2.91. The molecule has 2 aromatic rings. The third kappa shape index (κ3) is 3.81. The lowest BCUT2D eigenvalue weighted by Crippen LogP contribution is -2.30. The second-order valence-corrected chi connectivity index (χ2v) is 8.42. The summed E-state index contributed by atoms with van der Waals surface area (Å²) in [5.74, 6) is 0. The second kappa shape index (κ2) is 7.66. The van der Waals surface area contributed by atoms with Gasteiger partial charge in [-0.15, -0.1) is 0 Å². The van der Waals surface area contributed by atoms with Crippen LogP contribution in [0.4, 0.5) is 11.4 Å². The third-order valence-corrected chi connectivity index (χ3v) is 6.93. The number of hydrogen-bond donors (Lipinski definition) is 0. The zero-order valence-electron chi connectivity index (χ0n) is 15.5. The molecular weight excluding hydrogens is 366 g/mol. The van der Waals surface area contributed by atoms with Gasteiger partial charge < -0.3 is 4.90 Å². The number of hydrogen-bond acceptors (Lipinski definition) is 5. The molecule has 0 N–H and O–H groups in total. The second-order valence-electron chi connectivity index (χ2n) is 6.48. The van der Waals surface area contributed by atoms with Crippen molar-refractivity contribution in [3.05, 3.63) is 63.7 Å². The first-order valence-electron chi connectivity index (χ1n) is 8.98. The molecule has 8 heteroatoms. The van der Waals surface area contributed by atoms with E-state index < -0.39 is 14.9 Å². The number of nitro benzene ring substituents is 1. The molecule has 0 aromatic heterocycles. The molecule has 7 nitrogen and oxygen atoms in total. The van der Waals surface area contributed by atoms with Crippen molar-refractivity contribution in [2.45, 2.75) is 31.7 Å². The van der Waals surface area contributed by atoms with Gasteiger partial charge in [-0.25, -0.2) is 8.42 Å². The Kier molecular flexibility index (Phi) is 5.48. The summed E-state index contributed by atoms with van der Waals surface area (Å²) in [6.45, 7) is 5.84. The van der Waals surface area contributed by atoms with Crippen molar-refractivity contribution in [1.82, 2.24) is 4.31 Å². The van der Waals surface area contributed by atoms with Crippen LogP contribution in [0.1, 0.15) is 25.0 Å². The van der Waals surface area contributed by atoms with E-state index in [1.165, 1.54) is 10.4 Å². The fraction of sp³-hybridized carbons (Fsp3) is 0.368. The predicted octanol–water partition coefficient (Wildman–Crippen LogP) is 3.19. The van der Waals surface area contributed by atoms with Crippen molar-refractivity contribution in [1.29, 1.82) is 0 Å². The Morgan fingerprint density at radius 2 is 1.89 bits per heavy atom. The predicted molar refractivity (Wildman–Crippen MR) is 104 cm³/mol. The summed E-state index contributed by atoms with van der Waals surface area (Å²) < 4.78 is 26.9. The van der Waals surface area contributed by atoms with Crippen LogP contribution >= 0.6 is 0 Å². The van der Waals surface area contributed by atoms with Gasteiger partial charge in [-0.2, -0.15) is 4.31 Å². The van der Waals surface area contributed by atoms with Crippen LogP contribution in [0.3, 0.4) is 0 Å². The van der Waals surface area contributed by atoms with E-state index in [0.717, 1.165) is 29.8 Å². The summed E-state index contributed by atoms with van der Waals surface area (Å²) in [5, 5.41) is 11.0. The van der Waals surface area contributed by atoms with Crippen LogP contribution in [0.2, 0.25) is 0 Å². The van der Waals surface area contributed by atoms with Crippen LogP contribution in [0.25, 0.3) is 0 Å². The molecule has 0 saturated carbocycles. The molecule has 1 aliphatic heterocycles. The molecule has 0 unspecified atom stereocenters. The Bertz CT molecular complexity index is 955. The Labute approximate surface area is 159 Å². The lowest BCUT2D eigenvalue weighted by atomic mass is 10.1. The molecule has 0 radical (unpaired) electrons. The van der Waals surface area contributed by atoms with Crippen molar-refractivity contribution in [3.8, 4) is 0 Å². The van der Waals surface area contributed by atoms with Crippen molar-refractivity contribution >= 4 is 21.4 Å². The molecule has 2 aromatic carbocycles. The molecular formula is C19H23N3O4S. The molecule has 0 amide bonds. The number of nitrogens with zero attached hydrogens (tertiary/aromatic N) is 3. The van der Waals surface area contributed by atoms with E-state index in [4.69, 9.17) is 0 Å². The monoisotopic (exact) mass is 389 g/mol. The minimum atomic E-state index is -3.47. The minimum Gasteiger partial charge on any atom is -0.367 e. The van der Waals surface area contributed by atoms with Crippen molar-refractivity contribution < 1.29 is 13.3 Å². The average Bonchev–Trinajstić information content (AvgIpc) is 3.05. The highest BCUT2D eigenvalue weighted by Gasteiger charge is 2.26. The van der Waals surface area contributed by atoms with Gasteiger partial charge in [0.2, 0.25) is 10.0 Å². The van der Waals surface area contributed by atoms with Crippen LogP contribution < -0.4 is 4.90 Å². The molecule has 0 bridgehead atoms. The normalized spacial score (nSPS) is 13.8. The van der Waals surface area contributed by atoms with Crippen LogP contribution in [0.5, 0.6) is 0 Å². The van der Waals surface area contributed by atoms with Crippen molar-refractivity contribution in [2.75, 3.05) is 24.5 Å². The largest absolute Gasteiger partial charge is 0.367 e. The highest BCUT2D eigenvalue weighted by molar-refractivity contribution is 7.89. The van der Waals surface area contributed by atoms with E-state index in [-0.39, 0.29) is 5.69 Å². The lowest BCUT2D eigenvalue weighted by molar-refractivity contribution is -0.384. The highest BCUT2D eigenvalue weighted by atomic mass is 32.2. The maximum Gasteiger partial charge on any atom is 0.269 e. The van der Waals surface area contributed by atoms with Crippen LogP contribution in [-0.2, 0) is 23.0 Å². The topological polar surface area (TPSA) is 83.8 Å². The highest BCUT2D eigenvalue weighted by Crippen LogP contribution is 2.32. The van der Waals surface area contributed by atoms with Crippen LogP contribution in [-0.4, -0.2) is 37.3 Å². The van der Waals surface area contributed by atoms with Gasteiger partial charge in [0.15, 0.2) is 0 Å². The van der Waals surface area contributed by atoms with Gasteiger partial charge in [0.1, 0.15) is 0 Å². The minimum absolute atomic E-state index is 0.0765. The third-order valence-electron chi connectivity index (χ3n) is 4.88. The zero-order chi connectivity index (χ0) is 19.6. The van der Waals surface area contributed by atoms with Crippen LogP contribution in [0.15, 0.2) is 47.4 Å². The molecule has 27 heavy (non-hydrogen) atoms. The number of rotatable bonds is 7. The van der Waals surface area contributed by atoms with Gasteiger partial charge in [-0.05, 0) is 35.7 Å². The summed E-state index contributed by atoms with van der Waals surface area (Å²) in [7, 11) is -3.47. The van der Waals surface area contributed by atoms with Gasteiger partial charge in [0.25, 0.3) is 5.69 Å². The number of anilines is 1. The molecule has 0 spiro atoms. The molecule has 0 atom stereocenters. The molecule has 3 rings (SSSR count). The van der Waals surface area contributed by atoms with Gasteiger partial charge in [0.05, 0.1) is 9.82 Å². The lowest BCUT2D eigenvalue weighted by Gasteiger charge is -2.21. The summed E-state index contributed by atoms with van der Waals surface area (Å²) in [4.78, 5) is 13.0. The van der Waals surface area contributed by atoms with Gasteiger partial charge >= 0.3 is 0 Å². The van der Waals surface area contributed by atoms with Crippen molar-refractivity contribution in [3.63, 3.8) is 0 Å². The first-order valence-corrected chi connectivity index (χ1v) is 10.4. The Hall–Kier alpha value is -2.45. The smallest absolute Gasteiger partial charge is 0.269 e. The van der Waals surface area contributed by atoms with Gasteiger partial charge in [-0.3, -0.25) is 10.1 Å². The Balaban J connectivity index is 1.85. The molecule has 1 heterocycles. The fourth-order valence-electron chi connectivity index (χ4n) is 3.47. The fourth-order valence-corrected chi connectivity index (χ4v) is 4.98. The van der Waals surface area contributed by atoms with Crippen molar-refractivity contribution in [2.24, 2.45) is 0 Å². The van der Waals surface area contributed by atoms with Gasteiger partial charge in [-0.1, -0.05) is 26.0 Å². The van der Waals surface area contributed by atoms with E-state index in [9.17, 15) is 18.5 Å². The zero-order valence-corrected chi connectivity index (χ0v) is 16.3. The van der Waals surface area contributed by atoms with E-state index in [0.29, 0.717) is 24.5 Å². The number of sulfonamides is 1. The maximum absolute atomic E-state index is 12.7. The van der Waals surface area contributed by atoms with Gasteiger partial charge in [0, 0.05) is 44.0 Å². The summed E-state index contributed by atoms with van der Waals surface area (Å²) in [6.07, 6.45) is 0.756. The van der Waals surface area contributed by atoms with E-state index in [1.54, 1.807) is 24.3 Å².